The van der Waals surface area contributed by atoms with Gasteiger partial charge in [0.2, 0.25) is 0 Å². The third-order valence-electron chi connectivity index (χ3n) is 1.46. The molecule has 0 aliphatic carbocycles. The topological polar surface area (TPSA) is 48.1 Å². The van der Waals surface area contributed by atoms with Crippen LogP contribution in [0.5, 0.6) is 5.75 Å². The van der Waals surface area contributed by atoms with Crippen LogP contribution in [0.3, 0.4) is 0 Å². The molecule has 0 unspecified atom stereocenters. The Morgan fingerprint density at radius 1 is 1.62 bits per heavy atom. The number of nitrogen functional groups attached to an aromatic ring is 1. The third kappa shape index (κ3) is 2.06. The lowest BCUT2D eigenvalue weighted by atomic mass is 10.2. The average molecular weight is 253 g/mol. The van der Waals surface area contributed by atoms with E-state index in [4.69, 9.17) is 10.5 Å². The molecule has 1 aromatic rings. The van der Waals surface area contributed by atoms with E-state index in [1.54, 1.807) is 0 Å². The van der Waals surface area contributed by atoms with E-state index in [9.17, 15) is 8.78 Å². The van der Waals surface area contributed by atoms with Gasteiger partial charge in [0.15, 0.2) is 0 Å². The van der Waals surface area contributed by atoms with Gasteiger partial charge in [-0.1, -0.05) is 0 Å². The van der Waals surface area contributed by atoms with Gasteiger partial charge in [-0.25, -0.2) is 13.8 Å². The molecule has 0 atom stereocenters. The normalized spacial score (nSPS) is 10.5. The number of aromatic nitrogens is 1. The van der Waals surface area contributed by atoms with E-state index in [2.05, 4.69) is 20.9 Å². The summed E-state index contributed by atoms with van der Waals surface area (Å²) in [5, 5.41) is 0. The number of anilines is 1. The van der Waals surface area contributed by atoms with Crippen LogP contribution >= 0.6 is 15.9 Å². The van der Waals surface area contributed by atoms with Crippen LogP contribution in [0.15, 0.2) is 10.7 Å². The largest absolute Gasteiger partial charge is 0.496 e. The number of methoxy groups -OCH3 is 1. The molecule has 72 valence electrons. The standard InChI is InChI=1S/C7H7BrF2N2O/c1-13-3-2-4(8)12-7(11)5(3)6(9)10/h2,6H,1H3,(H2,11,12). The van der Waals surface area contributed by atoms with Crippen molar-refractivity contribution in [3.63, 3.8) is 0 Å². The van der Waals surface area contributed by atoms with Gasteiger partial charge in [0, 0.05) is 6.07 Å². The number of alkyl halides is 2. The highest BCUT2D eigenvalue weighted by atomic mass is 79.9. The van der Waals surface area contributed by atoms with Crippen LogP contribution in [0.2, 0.25) is 0 Å². The number of hydrogen-bond acceptors (Lipinski definition) is 3. The molecule has 1 rings (SSSR count). The van der Waals surface area contributed by atoms with E-state index < -0.39 is 6.43 Å². The summed E-state index contributed by atoms with van der Waals surface area (Å²) in [7, 11) is 1.30. The lowest BCUT2D eigenvalue weighted by Gasteiger charge is -2.09. The maximum absolute atomic E-state index is 12.4. The van der Waals surface area contributed by atoms with E-state index in [0.717, 1.165) is 0 Å². The Balaban J connectivity index is 3.30. The van der Waals surface area contributed by atoms with Gasteiger partial charge in [-0.05, 0) is 15.9 Å². The first-order chi connectivity index (χ1) is 6.06. The van der Waals surface area contributed by atoms with Gasteiger partial charge in [-0.3, -0.25) is 0 Å². The van der Waals surface area contributed by atoms with Crippen LogP contribution in [-0.4, -0.2) is 12.1 Å². The van der Waals surface area contributed by atoms with Crippen LogP contribution in [0, 0.1) is 0 Å². The van der Waals surface area contributed by atoms with Crippen LogP contribution in [0.1, 0.15) is 12.0 Å². The zero-order valence-electron chi connectivity index (χ0n) is 6.72. The van der Waals surface area contributed by atoms with Gasteiger partial charge < -0.3 is 10.5 Å². The molecule has 0 aromatic carbocycles. The van der Waals surface area contributed by atoms with Gasteiger partial charge in [-0.15, -0.1) is 0 Å². The molecule has 0 saturated carbocycles. The zero-order chi connectivity index (χ0) is 10.0. The molecule has 0 amide bonds. The van der Waals surface area contributed by atoms with Crippen molar-refractivity contribution < 1.29 is 13.5 Å². The van der Waals surface area contributed by atoms with Crippen molar-refractivity contribution in [2.24, 2.45) is 0 Å². The Bertz CT molecular complexity index is 320. The van der Waals surface area contributed by atoms with Crippen LogP contribution in [0.25, 0.3) is 0 Å². The fraction of sp³-hybridized carbons (Fsp3) is 0.286. The van der Waals surface area contributed by atoms with E-state index in [1.807, 2.05) is 0 Å². The van der Waals surface area contributed by atoms with E-state index in [-0.39, 0.29) is 17.1 Å². The Kier molecular flexibility index (Phi) is 3.02. The number of halogens is 3. The first-order valence-electron chi connectivity index (χ1n) is 3.34. The SMILES string of the molecule is COc1cc(Br)nc(N)c1C(F)F. The summed E-state index contributed by atoms with van der Waals surface area (Å²) in [6, 6.07) is 1.35. The van der Waals surface area contributed by atoms with Crippen molar-refractivity contribution in [2.75, 3.05) is 12.8 Å². The molecule has 0 aliphatic heterocycles. The molecular formula is C7H7BrF2N2O. The zero-order valence-corrected chi connectivity index (χ0v) is 8.31. The smallest absolute Gasteiger partial charge is 0.270 e. The van der Waals surface area contributed by atoms with Crippen LogP contribution in [0.4, 0.5) is 14.6 Å². The molecule has 0 bridgehead atoms. The number of pyridine rings is 1. The van der Waals surface area contributed by atoms with Crippen LogP contribution in [-0.2, 0) is 0 Å². The second-order valence-electron chi connectivity index (χ2n) is 2.25. The summed E-state index contributed by atoms with van der Waals surface area (Å²) < 4.78 is 29.9. The van der Waals surface area contributed by atoms with E-state index >= 15 is 0 Å². The number of hydrogen-bond donors (Lipinski definition) is 1. The van der Waals surface area contributed by atoms with Gasteiger partial charge in [0.1, 0.15) is 21.7 Å². The molecule has 0 fully saturated rings. The minimum atomic E-state index is -2.68. The molecule has 0 saturated heterocycles. The van der Waals surface area contributed by atoms with Crippen molar-refractivity contribution in [2.45, 2.75) is 6.43 Å². The maximum Gasteiger partial charge on any atom is 0.270 e. The maximum atomic E-state index is 12.4. The van der Waals surface area contributed by atoms with Gasteiger partial charge in [0.25, 0.3) is 6.43 Å². The third-order valence-corrected chi connectivity index (χ3v) is 1.86. The second-order valence-corrected chi connectivity index (χ2v) is 3.06. The molecule has 2 N–H and O–H groups in total. The number of rotatable bonds is 2. The van der Waals surface area contributed by atoms with Crippen molar-refractivity contribution in [3.8, 4) is 5.75 Å². The average Bonchev–Trinajstić information content (AvgIpc) is 2.01. The number of ether oxygens (including phenoxy) is 1. The molecule has 13 heavy (non-hydrogen) atoms. The quantitative estimate of drug-likeness (QED) is 0.823. The van der Waals surface area contributed by atoms with Crippen molar-refractivity contribution >= 4 is 21.7 Å². The molecular weight excluding hydrogens is 246 g/mol. The Morgan fingerprint density at radius 3 is 2.69 bits per heavy atom. The molecule has 0 radical (unpaired) electrons. The highest BCUT2D eigenvalue weighted by Gasteiger charge is 2.19. The van der Waals surface area contributed by atoms with E-state index in [0.29, 0.717) is 4.60 Å². The van der Waals surface area contributed by atoms with Crippen molar-refractivity contribution in [1.82, 2.24) is 4.98 Å². The first kappa shape index (κ1) is 10.2. The summed E-state index contributed by atoms with van der Waals surface area (Å²) in [6.45, 7) is 0. The van der Waals surface area contributed by atoms with Gasteiger partial charge in [0.05, 0.1) is 7.11 Å². The fourth-order valence-corrected chi connectivity index (χ4v) is 1.31. The Hall–Kier alpha value is -0.910. The minimum Gasteiger partial charge on any atom is -0.496 e. The summed E-state index contributed by atoms with van der Waals surface area (Å²) in [5.41, 5.74) is 4.93. The summed E-state index contributed by atoms with van der Waals surface area (Å²) in [6.07, 6.45) is -2.68. The Morgan fingerprint density at radius 2 is 2.23 bits per heavy atom. The lowest BCUT2D eigenvalue weighted by molar-refractivity contribution is 0.147. The lowest BCUT2D eigenvalue weighted by Crippen LogP contribution is -2.01. The highest BCUT2D eigenvalue weighted by Crippen LogP contribution is 2.34. The summed E-state index contributed by atoms with van der Waals surface area (Å²) in [5.74, 6) is -0.185. The van der Waals surface area contributed by atoms with Crippen molar-refractivity contribution in [1.29, 1.82) is 0 Å². The summed E-state index contributed by atoms with van der Waals surface area (Å²) >= 11 is 3.02. The molecule has 3 nitrogen and oxygen atoms in total. The number of nitrogens with two attached hydrogens (primary N) is 1. The van der Waals surface area contributed by atoms with Gasteiger partial charge in [-0.2, -0.15) is 0 Å². The van der Waals surface area contributed by atoms with Gasteiger partial charge >= 0.3 is 0 Å². The predicted octanol–water partition coefficient (Wildman–Crippen LogP) is 2.37. The molecule has 6 heteroatoms. The predicted molar refractivity (Wildman–Crippen MR) is 47.9 cm³/mol. The molecule has 1 aromatic heterocycles. The first-order valence-corrected chi connectivity index (χ1v) is 4.13. The number of nitrogens with zero attached hydrogens (tertiary/aromatic N) is 1. The fourth-order valence-electron chi connectivity index (χ4n) is 0.908. The minimum absolute atomic E-state index is 0.0365. The summed E-state index contributed by atoms with van der Waals surface area (Å²) in [4.78, 5) is 3.64. The van der Waals surface area contributed by atoms with Crippen molar-refractivity contribution in [3.05, 3.63) is 16.2 Å². The monoisotopic (exact) mass is 252 g/mol. The Labute approximate surface area is 82.0 Å². The highest BCUT2D eigenvalue weighted by molar-refractivity contribution is 9.10. The molecule has 0 aliphatic rings. The molecule has 1 heterocycles. The second kappa shape index (κ2) is 3.87. The van der Waals surface area contributed by atoms with Crippen LogP contribution < -0.4 is 10.5 Å². The van der Waals surface area contributed by atoms with E-state index in [1.165, 1.54) is 13.2 Å². The molecule has 0 spiro atoms.